The van der Waals surface area contributed by atoms with Gasteiger partial charge >= 0.3 is 12.0 Å². The quantitative estimate of drug-likeness (QED) is 0.749. The third-order valence-corrected chi connectivity index (χ3v) is 4.58. The van der Waals surface area contributed by atoms with E-state index in [-0.39, 0.29) is 25.2 Å². The number of hydrogen-bond donors (Lipinski definition) is 2. The number of nitrogens with zero attached hydrogens (tertiary/aromatic N) is 2. The number of rotatable bonds is 5. The first-order valence-corrected chi connectivity index (χ1v) is 7.62. The van der Waals surface area contributed by atoms with E-state index in [1.54, 1.807) is 11.0 Å². The molecule has 2 rings (SSSR count). The molecule has 1 saturated heterocycles. The number of urea groups is 1. The monoisotopic (exact) mass is 296 g/mol. The van der Waals surface area contributed by atoms with E-state index in [1.807, 2.05) is 0 Å². The van der Waals surface area contributed by atoms with Gasteiger partial charge in [-0.25, -0.2) is 9.59 Å². The van der Waals surface area contributed by atoms with E-state index < -0.39 is 12.0 Å². The summed E-state index contributed by atoms with van der Waals surface area (Å²) >= 11 is 0. The van der Waals surface area contributed by atoms with Gasteiger partial charge in [-0.3, -0.25) is 0 Å². The highest BCUT2D eigenvalue weighted by atomic mass is 16.4. The average molecular weight is 296 g/mol. The summed E-state index contributed by atoms with van der Waals surface area (Å²) in [7, 11) is 0. The third-order valence-electron chi connectivity index (χ3n) is 4.58. The van der Waals surface area contributed by atoms with E-state index in [1.165, 1.54) is 4.90 Å². The van der Waals surface area contributed by atoms with Gasteiger partial charge in [-0.2, -0.15) is 0 Å². The Kier molecular flexibility index (Phi) is 5.22. The van der Waals surface area contributed by atoms with Crippen LogP contribution in [0.25, 0.3) is 0 Å². The van der Waals surface area contributed by atoms with E-state index in [9.17, 15) is 14.7 Å². The number of aliphatic hydroxyl groups excluding tert-OH is 1. The summed E-state index contributed by atoms with van der Waals surface area (Å²) in [6, 6.07) is -0.999. The number of amides is 2. The van der Waals surface area contributed by atoms with Gasteiger partial charge in [0.15, 0.2) is 0 Å². The highest BCUT2D eigenvalue weighted by Crippen LogP contribution is 2.40. The predicted octanol–water partition coefficient (Wildman–Crippen LogP) is 1.30. The zero-order chi connectivity index (χ0) is 15.4. The van der Waals surface area contributed by atoms with Crippen LogP contribution in [0.3, 0.4) is 0 Å². The van der Waals surface area contributed by atoms with Gasteiger partial charge in [0.25, 0.3) is 0 Å². The molecule has 3 atom stereocenters. The van der Waals surface area contributed by atoms with E-state index in [2.05, 4.69) is 6.58 Å². The Morgan fingerprint density at radius 1 is 1.33 bits per heavy atom. The van der Waals surface area contributed by atoms with Gasteiger partial charge in [0, 0.05) is 19.1 Å². The van der Waals surface area contributed by atoms with E-state index in [0.717, 1.165) is 25.7 Å². The van der Waals surface area contributed by atoms with E-state index in [4.69, 9.17) is 5.11 Å². The molecule has 0 spiro atoms. The van der Waals surface area contributed by atoms with Crippen LogP contribution < -0.4 is 0 Å². The minimum atomic E-state index is -0.930. The number of carboxylic acid groups (broad SMARTS) is 1. The fourth-order valence-electron chi connectivity index (χ4n) is 3.66. The molecule has 118 valence electrons. The Balaban J connectivity index is 2.21. The summed E-state index contributed by atoms with van der Waals surface area (Å²) in [5.41, 5.74) is 0. The lowest BCUT2D eigenvalue weighted by Crippen LogP contribution is -2.52. The maximum Gasteiger partial charge on any atom is 0.326 e. The van der Waals surface area contributed by atoms with Gasteiger partial charge in [0.2, 0.25) is 0 Å². The van der Waals surface area contributed by atoms with Crippen LogP contribution >= 0.6 is 0 Å². The van der Waals surface area contributed by atoms with Gasteiger partial charge in [0.05, 0.1) is 6.61 Å². The number of likely N-dealkylation sites (tertiary alicyclic amines) is 1. The molecule has 0 aromatic rings. The lowest BCUT2D eigenvalue weighted by atomic mass is 9.85. The first-order valence-electron chi connectivity index (χ1n) is 7.62. The Hall–Kier alpha value is -1.56. The summed E-state index contributed by atoms with van der Waals surface area (Å²) in [6.07, 6.45) is 6.17. The summed E-state index contributed by atoms with van der Waals surface area (Å²) in [5, 5.41) is 18.5. The highest BCUT2D eigenvalue weighted by molar-refractivity contribution is 5.84. The van der Waals surface area contributed by atoms with Gasteiger partial charge in [-0.1, -0.05) is 18.9 Å². The van der Waals surface area contributed by atoms with Crippen molar-refractivity contribution in [3.63, 3.8) is 0 Å². The van der Waals surface area contributed by atoms with Crippen LogP contribution in [0.15, 0.2) is 12.7 Å². The van der Waals surface area contributed by atoms with Crippen molar-refractivity contribution in [1.82, 2.24) is 9.80 Å². The zero-order valence-corrected chi connectivity index (χ0v) is 12.3. The Labute approximate surface area is 125 Å². The van der Waals surface area contributed by atoms with E-state index in [0.29, 0.717) is 18.9 Å². The van der Waals surface area contributed by atoms with Crippen LogP contribution in [-0.4, -0.2) is 63.8 Å². The van der Waals surface area contributed by atoms with Crippen LogP contribution in [0.5, 0.6) is 0 Å². The van der Waals surface area contributed by atoms with Crippen molar-refractivity contribution >= 4 is 12.0 Å². The van der Waals surface area contributed by atoms with E-state index >= 15 is 0 Å². The molecule has 1 heterocycles. The second-order valence-corrected chi connectivity index (χ2v) is 5.85. The smallest absolute Gasteiger partial charge is 0.326 e. The first kappa shape index (κ1) is 15.8. The molecule has 0 aromatic carbocycles. The van der Waals surface area contributed by atoms with Crippen LogP contribution in [0.1, 0.15) is 32.1 Å². The third kappa shape index (κ3) is 3.20. The van der Waals surface area contributed by atoms with Crippen LogP contribution in [0.2, 0.25) is 0 Å². The number of aliphatic carboxylic acids is 1. The second kappa shape index (κ2) is 6.93. The van der Waals surface area contributed by atoms with Crippen molar-refractivity contribution in [3.8, 4) is 0 Å². The van der Waals surface area contributed by atoms with Crippen molar-refractivity contribution in [2.45, 2.75) is 44.2 Å². The molecule has 21 heavy (non-hydrogen) atoms. The molecule has 1 aliphatic heterocycles. The summed E-state index contributed by atoms with van der Waals surface area (Å²) in [5.74, 6) is -0.635. The second-order valence-electron chi connectivity index (χ2n) is 5.85. The average Bonchev–Trinajstić information content (AvgIpc) is 2.86. The lowest BCUT2D eigenvalue weighted by molar-refractivity contribution is -0.141. The van der Waals surface area contributed by atoms with Crippen LogP contribution in [-0.2, 0) is 4.79 Å². The standard InChI is InChI=1S/C15H24N2O4/c1-2-7-16(8-9-18)15(21)17-12-6-4-3-5-11(12)10-13(17)14(19)20/h2,11-13,18H,1,3-10H2,(H,19,20). The maximum atomic E-state index is 12.7. The lowest BCUT2D eigenvalue weighted by Gasteiger charge is -2.36. The Morgan fingerprint density at radius 3 is 2.67 bits per heavy atom. The molecule has 1 aliphatic carbocycles. The number of fused-ring (bicyclic) bond motifs is 1. The van der Waals surface area contributed by atoms with Gasteiger partial charge < -0.3 is 20.0 Å². The van der Waals surface area contributed by atoms with Crippen molar-refractivity contribution in [2.24, 2.45) is 5.92 Å². The van der Waals surface area contributed by atoms with Crippen molar-refractivity contribution in [2.75, 3.05) is 19.7 Å². The Bertz CT molecular complexity index is 412. The number of aliphatic hydroxyl groups is 1. The summed E-state index contributed by atoms with van der Waals surface area (Å²) in [6.45, 7) is 4.00. The maximum absolute atomic E-state index is 12.7. The number of carboxylic acids is 1. The van der Waals surface area contributed by atoms with Gasteiger partial charge in [-0.15, -0.1) is 6.58 Å². The highest BCUT2D eigenvalue weighted by Gasteiger charge is 2.48. The number of hydrogen-bond acceptors (Lipinski definition) is 3. The molecule has 0 bridgehead atoms. The van der Waals surface area contributed by atoms with Crippen molar-refractivity contribution < 1.29 is 19.8 Å². The number of carbonyl (C=O) groups excluding carboxylic acids is 1. The van der Waals surface area contributed by atoms with Gasteiger partial charge in [0.1, 0.15) is 6.04 Å². The molecule has 0 radical (unpaired) electrons. The minimum absolute atomic E-state index is 0.0263. The van der Waals surface area contributed by atoms with Crippen LogP contribution in [0.4, 0.5) is 4.79 Å². The summed E-state index contributed by atoms with van der Waals surface area (Å²) < 4.78 is 0. The first-order chi connectivity index (χ1) is 10.1. The largest absolute Gasteiger partial charge is 0.480 e. The fourth-order valence-corrected chi connectivity index (χ4v) is 3.66. The van der Waals surface area contributed by atoms with Crippen molar-refractivity contribution in [3.05, 3.63) is 12.7 Å². The molecule has 6 heteroatoms. The molecular formula is C15H24N2O4. The predicted molar refractivity (Wildman–Crippen MR) is 77.9 cm³/mol. The number of carbonyl (C=O) groups is 2. The molecule has 2 aliphatic rings. The topological polar surface area (TPSA) is 81.1 Å². The molecule has 2 amide bonds. The van der Waals surface area contributed by atoms with Gasteiger partial charge in [-0.05, 0) is 25.2 Å². The molecular weight excluding hydrogens is 272 g/mol. The molecule has 2 fully saturated rings. The molecule has 3 unspecified atom stereocenters. The molecule has 1 saturated carbocycles. The Morgan fingerprint density at radius 2 is 2.05 bits per heavy atom. The minimum Gasteiger partial charge on any atom is -0.480 e. The van der Waals surface area contributed by atoms with Crippen LogP contribution in [0, 0.1) is 5.92 Å². The summed E-state index contributed by atoms with van der Waals surface area (Å²) in [4.78, 5) is 27.3. The molecule has 6 nitrogen and oxygen atoms in total. The SMILES string of the molecule is C=CCN(CCO)C(=O)N1C(C(=O)O)CC2CCCCC21. The molecule has 2 N–H and O–H groups in total. The van der Waals surface area contributed by atoms with Crippen molar-refractivity contribution in [1.29, 1.82) is 0 Å². The molecule has 0 aromatic heterocycles. The zero-order valence-electron chi connectivity index (χ0n) is 12.3. The fraction of sp³-hybridized carbons (Fsp3) is 0.733. The normalized spacial score (nSPS) is 28.0.